The standard InChI is InChI=1S/C20H27N3S/c1-15(24)14-21-10-12-23-13-11-22-20(23)16(2)18-9-5-7-17-6-3-4-8-19(17)18/h3-9,15-16,21,24H,10-14H2,1-2H3. The first-order chi connectivity index (χ1) is 11.7. The van der Waals surface area contributed by atoms with Gasteiger partial charge in [-0.2, -0.15) is 12.6 Å². The molecule has 0 fully saturated rings. The van der Waals surface area contributed by atoms with E-state index in [0.29, 0.717) is 11.2 Å². The molecule has 0 saturated carbocycles. The monoisotopic (exact) mass is 341 g/mol. The third kappa shape index (κ3) is 3.93. The molecular weight excluding hydrogens is 314 g/mol. The predicted octanol–water partition coefficient (Wildman–Crippen LogP) is 3.57. The average Bonchev–Trinajstić information content (AvgIpc) is 3.06. The van der Waals surface area contributed by atoms with Gasteiger partial charge in [0.25, 0.3) is 0 Å². The quantitative estimate of drug-likeness (QED) is 0.595. The maximum absolute atomic E-state index is 4.81. The molecule has 0 aliphatic carbocycles. The van der Waals surface area contributed by atoms with E-state index >= 15 is 0 Å². The van der Waals surface area contributed by atoms with Gasteiger partial charge in [0.05, 0.1) is 6.54 Å². The molecule has 1 aliphatic rings. The topological polar surface area (TPSA) is 27.6 Å². The average molecular weight is 342 g/mol. The molecule has 2 atom stereocenters. The molecule has 24 heavy (non-hydrogen) atoms. The number of hydrogen-bond donors (Lipinski definition) is 2. The second-order valence-corrected chi connectivity index (χ2v) is 7.45. The molecule has 0 saturated heterocycles. The van der Waals surface area contributed by atoms with Crippen molar-refractivity contribution in [2.45, 2.75) is 25.0 Å². The van der Waals surface area contributed by atoms with Crippen LogP contribution in [0.2, 0.25) is 0 Å². The minimum absolute atomic E-state index is 0.322. The van der Waals surface area contributed by atoms with Crippen molar-refractivity contribution in [3.05, 3.63) is 48.0 Å². The van der Waals surface area contributed by atoms with Gasteiger partial charge in [0.2, 0.25) is 0 Å². The van der Waals surface area contributed by atoms with E-state index in [4.69, 9.17) is 4.99 Å². The van der Waals surface area contributed by atoms with Crippen LogP contribution in [-0.4, -0.2) is 48.7 Å². The molecule has 3 nitrogen and oxygen atoms in total. The van der Waals surface area contributed by atoms with Gasteiger partial charge in [-0.1, -0.05) is 56.3 Å². The molecule has 1 heterocycles. The lowest BCUT2D eigenvalue weighted by molar-refractivity contribution is 0.434. The zero-order valence-corrected chi connectivity index (χ0v) is 15.5. The molecule has 0 spiro atoms. The molecular formula is C20H27N3S. The SMILES string of the molecule is CC(S)CNCCN1CCN=C1C(C)c1cccc2ccccc12. The summed E-state index contributed by atoms with van der Waals surface area (Å²) < 4.78 is 0. The van der Waals surface area contributed by atoms with Crippen molar-refractivity contribution in [1.29, 1.82) is 0 Å². The second-order valence-electron chi connectivity index (χ2n) is 6.57. The summed E-state index contributed by atoms with van der Waals surface area (Å²) in [4.78, 5) is 7.25. The molecule has 0 bridgehead atoms. The summed E-state index contributed by atoms with van der Waals surface area (Å²) in [5.74, 6) is 1.55. The third-order valence-corrected chi connectivity index (χ3v) is 4.83. The Labute approximate surface area is 150 Å². The first-order valence-electron chi connectivity index (χ1n) is 8.82. The number of hydrogen-bond acceptors (Lipinski definition) is 4. The van der Waals surface area contributed by atoms with Crippen LogP contribution in [0.4, 0.5) is 0 Å². The van der Waals surface area contributed by atoms with Crippen LogP contribution in [0.1, 0.15) is 25.3 Å². The van der Waals surface area contributed by atoms with E-state index in [1.165, 1.54) is 22.2 Å². The van der Waals surface area contributed by atoms with Crippen LogP contribution < -0.4 is 5.32 Å². The minimum Gasteiger partial charge on any atom is -0.357 e. The molecule has 2 aromatic rings. The van der Waals surface area contributed by atoms with Gasteiger partial charge < -0.3 is 10.2 Å². The molecule has 0 amide bonds. The van der Waals surface area contributed by atoms with E-state index < -0.39 is 0 Å². The minimum atomic E-state index is 0.322. The lowest BCUT2D eigenvalue weighted by Gasteiger charge is -2.26. The van der Waals surface area contributed by atoms with Gasteiger partial charge in [-0.3, -0.25) is 4.99 Å². The van der Waals surface area contributed by atoms with Gasteiger partial charge in [-0.15, -0.1) is 0 Å². The fraction of sp³-hybridized carbons (Fsp3) is 0.450. The molecule has 128 valence electrons. The smallest absolute Gasteiger partial charge is 0.106 e. The molecule has 2 aromatic carbocycles. The molecule has 0 radical (unpaired) electrons. The zero-order chi connectivity index (χ0) is 16.9. The van der Waals surface area contributed by atoms with Gasteiger partial charge in [0.1, 0.15) is 5.84 Å². The van der Waals surface area contributed by atoms with Crippen LogP contribution in [-0.2, 0) is 0 Å². The summed E-state index contributed by atoms with van der Waals surface area (Å²) in [7, 11) is 0. The summed E-state index contributed by atoms with van der Waals surface area (Å²) in [6.45, 7) is 9.27. The maximum atomic E-state index is 4.81. The van der Waals surface area contributed by atoms with E-state index in [0.717, 1.165) is 32.7 Å². The summed E-state index contributed by atoms with van der Waals surface area (Å²) in [6.07, 6.45) is 0. The fourth-order valence-electron chi connectivity index (χ4n) is 3.43. The largest absolute Gasteiger partial charge is 0.357 e. The number of nitrogens with one attached hydrogen (secondary N) is 1. The fourth-order valence-corrected chi connectivity index (χ4v) is 3.56. The molecule has 4 heteroatoms. The van der Waals surface area contributed by atoms with Crippen molar-refractivity contribution in [2.75, 3.05) is 32.7 Å². The molecule has 1 N–H and O–H groups in total. The van der Waals surface area contributed by atoms with Crippen LogP contribution >= 0.6 is 12.6 Å². The highest BCUT2D eigenvalue weighted by Gasteiger charge is 2.24. The Morgan fingerprint density at radius 1 is 1.17 bits per heavy atom. The third-order valence-electron chi connectivity index (χ3n) is 4.64. The Kier molecular flexibility index (Phi) is 5.80. The molecule has 1 aliphatic heterocycles. The Morgan fingerprint density at radius 2 is 1.96 bits per heavy atom. The van der Waals surface area contributed by atoms with Crippen molar-refractivity contribution in [2.24, 2.45) is 4.99 Å². The van der Waals surface area contributed by atoms with Crippen LogP contribution in [0.3, 0.4) is 0 Å². The molecule has 2 unspecified atom stereocenters. The Hall–Kier alpha value is -1.52. The first-order valence-corrected chi connectivity index (χ1v) is 9.34. The number of benzene rings is 2. The van der Waals surface area contributed by atoms with Gasteiger partial charge >= 0.3 is 0 Å². The number of fused-ring (bicyclic) bond motifs is 1. The first kappa shape index (κ1) is 17.3. The lowest BCUT2D eigenvalue weighted by Crippen LogP contribution is -2.38. The van der Waals surface area contributed by atoms with Crippen molar-refractivity contribution in [3.8, 4) is 0 Å². The Balaban J connectivity index is 1.72. The van der Waals surface area contributed by atoms with E-state index in [2.05, 4.69) is 79.2 Å². The van der Waals surface area contributed by atoms with Gasteiger partial charge in [-0.05, 0) is 16.3 Å². The number of aliphatic imine (C=N–C) groups is 1. The van der Waals surface area contributed by atoms with E-state index in [9.17, 15) is 0 Å². The zero-order valence-electron chi connectivity index (χ0n) is 14.6. The van der Waals surface area contributed by atoms with Crippen molar-refractivity contribution < 1.29 is 0 Å². The van der Waals surface area contributed by atoms with Crippen LogP contribution in [0.5, 0.6) is 0 Å². The van der Waals surface area contributed by atoms with Gasteiger partial charge in [0, 0.05) is 37.3 Å². The van der Waals surface area contributed by atoms with Gasteiger partial charge in [0.15, 0.2) is 0 Å². The highest BCUT2D eigenvalue weighted by atomic mass is 32.1. The van der Waals surface area contributed by atoms with Crippen molar-refractivity contribution >= 4 is 29.2 Å². The molecule has 0 aromatic heterocycles. The number of rotatable bonds is 7. The lowest BCUT2D eigenvalue weighted by atomic mass is 9.93. The van der Waals surface area contributed by atoms with E-state index in [1.54, 1.807) is 0 Å². The van der Waals surface area contributed by atoms with E-state index in [-0.39, 0.29) is 0 Å². The summed E-state index contributed by atoms with van der Waals surface area (Å²) in [6, 6.07) is 15.2. The summed E-state index contributed by atoms with van der Waals surface area (Å²) >= 11 is 4.41. The summed E-state index contributed by atoms with van der Waals surface area (Å²) in [5.41, 5.74) is 1.37. The van der Waals surface area contributed by atoms with Crippen LogP contribution in [0.25, 0.3) is 10.8 Å². The Morgan fingerprint density at radius 3 is 2.79 bits per heavy atom. The number of nitrogens with zero attached hydrogens (tertiary/aromatic N) is 2. The predicted molar refractivity (Wildman–Crippen MR) is 108 cm³/mol. The Bertz CT molecular complexity index is 706. The van der Waals surface area contributed by atoms with Gasteiger partial charge in [-0.25, -0.2) is 0 Å². The second kappa shape index (κ2) is 8.04. The highest BCUT2D eigenvalue weighted by Crippen LogP contribution is 2.28. The van der Waals surface area contributed by atoms with Crippen molar-refractivity contribution in [3.63, 3.8) is 0 Å². The number of thiol groups is 1. The summed E-state index contributed by atoms with van der Waals surface area (Å²) in [5, 5.41) is 6.50. The van der Waals surface area contributed by atoms with Crippen LogP contribution in [0, 0.1) is 0 Å². The number of amidine groups is 1. The molecule has 3 rings (SSSR count). The van der Waals surface area contributed by atoms with Crippen molar-refractivity contribution in [1.82, 2.24) is 10.2 Å². The highest BCUT2D eigenvalue weighted by molar-refractivity contribution is 7.80. The van der Waals surface area contributed by atoms with Crippen LogP contribution in [0.15, 0.2) is 47.5 Å². The van der Waals surface area contributed by atoms with E-state index in [1.807, 2.05) is 0 Å². The maximum Gasteiger partial charge on any atom is 0.106 e. The normalized spacial score (nSPS) is 17.1.